The molecule has 0 saturated carbocycles. The minimum absolute atomic E-state index is 0.487. The van der Waals surface area contributed by atoms with Crippen molar-refractivity contribution >= 4 is 34.6 Å². The van der Waals surface area contributed by atoms with E-state index in [-0.39, 0.29) is 0 Å². The van der Waals surface area contributed by atoms with Gasteiger partial charge in [0, 0.05) is 17.8 Å². The molecule has 0 bridgehead atoms. The molecule has 1 rings (SSSR count). The molecule has 0 atom stereocenters. The number of nitrogens with zero attached hydrogens (tertiary/aromatic N) is 2. The van der Waals surface area contributed by atoms with Crippen LogP contribution < -0.4 is 5.32 Å². The Morgan fingerprint density at radius 2 is 1.71 bits per heavy atom. The first kappa shape index (κ1) is 29.0. The predicted octanol–water partition coefficient (Wildman–Crippen LogP) is 8.04. The molecule has 0 amide bonds. The lowest BCUT2D eigenvalue weighted by Gasteiger charge is -2.11. The summed E-state index contributed by atoms with van der Waals surface area (Å²) in [6.45, 7) is 18.7. The Kier molecular flexibility index (Phi) is 16.5. The van der Waals surface area contributed by atoms with Crippen LogP contribution in [0, 0.1) is 0 Å². The van der Waals surface area contributed by atoms with Gasteiger partial charge >= 0.3 is 0 Å². The third kappa shape index (κ3) is 14.6. The number of nitrogens with one attached hydrogen (secondary N) is 1. The highest BCUT2D eigenvalue weighted by atomic mass is 35.5. The van der Waals surface area contributed by atoms with Crippen molar-refractivity contribution < 1.29 is 4.74 Å². The van der Waals surface area contributed by atoms with E-state index in [1.165, 1.54) is 0 Å². The van der Waals surface area contributed by atoms with Crippen LogP contribution >= 0.6 is 23.2 Å². The molecule has 4 nitrogen and oxygen atoms in total. The lowest BCUT2D eigenvalue weighted by molar-refractivity contribution is 0.185. The lowest BCUT2D eigenvalue weighted by atomic mass is 10.2. The summed E-state index contributed by atoms with van der Waals surface area (Å²) in [6.07, 6.45) is 5.87. The number of benzene rings is 1. The molecule has 0 spiro atoms. The Hall–Kier alpha value is -2.04. The van der Waals surface area contributed by atoms with Crippen molar-refractivity contribution in [1.29, 1.82) is 0 Å². The maximum Gasteiger partial charge on any atom is 0.179 e. The highest BCUT2D eigenvalue weighted by molar-refractivity contribution is 6.64. The van der Waals surface area contributed by atoms with Crippen LogP contribution in [-0.4, -0.2) is 18.0 Å². The zero-order valence-corrected chi connectivity index (χ0v) is 21.1. The summed E-state index contributed by atoms with van der Waals surface area (Å²) in [6, 6.07) is 7.69. The second-order valence-electron chi connectivity index (χ2n) is 6.74. The van der Waals surface area contributed by atoms with Gasteiger partial charge in [0.2, 0.25) is 0 Å². The monoisotopic (exact) mass is 465 g/mol. The van der Waals surface area contributed by atoms with Gasteiger partial charge in [0.05, 0.1) is 18.0 Å². The van der Waals surface area contributed by atoms with E-state index in [0.717, 1.165) is 53.2 Å². The first-order valence-electron chi connectivity index (χ1n) is 10.7. The van der Waals surface area contributed by atoms with Crippen LogP contribution in [0.1, 0.15) is 65.9 Å². The van der Waals surface area contributed by atoms with Crippen LogP contribution in [0.3, 0.4) is 0 Å². The SMILES string of the molecule is C=C(NCc1ccc(Cl)cc1)OCCCCCC=N/C(C(=C)C)=C(\C)N=C(C)Cl.CC. The third-order valence-electron chi connectivity index (χ3n) is 3.95. The highest BCUT2D eigenvalue weighted by Gasteiger charge is 2.01. The zero-order valence-electron chi connectivity index (χ0n) is 19.6. The summed E-state index contributed by atoms with van der Waals surface area (Å²) in [5.74, 6) is 0.586. The van der Waals surface area contributed by atoms with Gasteiger partial charge in [0.25, 0.3) is 0 Å². The van der Waals surface area contributed by atoms with Gasteiger partial charge in [-0.3, -0.25) is 4.99 Å². The number of halogens is 2. The molecule has 0 aromatic heterocycles. The topological polar surface area (TPSA) is 46.0 Å². The van der Waals surface area contributed by atoms with E-state index < -0.39 is 0 Å². The summed E-state index contributed by atoms with van der Waals surface area (Å²) in [5, 5.41) is 4.38. The van der Waals surface area contributed by atoms with Crippen molar-refractivity contribution in [1.82, 2.24) is 5.32 Å². The molecule has 0 saturated heterocycles. The van der Waals surface area contributed by atoms with E-state index in [4.69, 9.17) is 27.9 Å². The second-order valence-corrected chi connectivity index (χ2v) is 7.72. The Morgan fingerprint density at radius 1 is 1.06 bits per heavy atom. The molecule has 6 heteroatoms. The first-order valence-corrected chi connectivity index (χ1v) is 11.4. The van der Waals surface area contributed by atoms with E-state index in [2.05, 4.69) is 28.5 Å². The highest BCUT2D eigenvalue weighted by Crippen LogP contribution is 2.16. The minimum Gasteiger partial charge on any atom is -0.480 e. The second kappa shape index (κ2) is 17.6. The van der Waals surface area contributed by atoms with Gasteiger partial charge in [-0.05, 0) is 76.3 Å². The number of ether oxygens (including phenoxy) is 1. The summed E-state index contributed by atoms with van der Waals surface area (Å²) in [5.41, 5.74) is 3.57. The van der Waals surface area contributed by atoms with Crippen LogP contribution in [0.4, 0.5) is 0 Å². The molecule has 1 aromatic carbocycles. The van der Waals surface area contributed by atoms with Gasteiger partial charge in [-0.1, -0.05) is 55.8 Å². The average Bonchev–Trinajstić information content (AvgIpc) is 2.72. The lowest BCUT2D eigenvalue weighted by Crippen LogP contribution is -2.14. The van der Waals surface area contributed by atoms with Crippen molar-refractivity contribution in [3.05, 3.63) is 70.9 Å². The van der Waals surface area contributed by atoms with Crippen molar-refractivity contribution in [2.75, 3.05) is 6.61 Å². The quantitative estimate of drug-likeness (QED) is 0.138. The molecule has 172 valence electrons. The van der Waals surface area contributed by atoms with Gasteiger partial charge < -0.3 is 10.1 Å². The molecule has 0 radical (unpaired) electrons. The molecular formula is C25H37Cl2N3O. The number of hydrogen-bond acceptors (Lipinski definition) is 4. The van der Waals surface area contributed by atoms with Crippen molar-refractivity contribution in [3.63, 3.8) is 0 Å². The fourth-order valence-corrected chi connectivity index (χ4v) is 2.77. The fourth-order valence-electron chi connectivity index (χ4n) is 2.52. The number of unbranched alkanes of at least 4 members (excludes halogenated alkanes) is 3. The number of hydrogen-bond donors (Lipinski definition) is 1. The van der Waals surface area contributed by atoms with Crippen molar-refractivity contribution in [2.24, 2.45) is 9.98 Å². The van der Waals surface area contributed by atoms with Crippen molar-refractivity contribution in [3.8, 4) is 0 Å². The van der Waals surface area contributed by atoms with Gasteiger partial charge in [-0.25, -0.2) is 4.99 Å². The summed E-state index contributed by atoms with van der Waals surface area (Å²) in [7, 11) is 0. The molecule has 1 aromatic rings. The van der Waals surface area contributed by atoms with Crippen LogP contribution in [0.15, 0.2) is 70.3 Å². The van der Waals surface area contributed by atoms with Gasteiger partial charge in [0.1, 0.15) is 5.17 Å². The molecule has 0 unspecified atom stereocenters. The first-order chi connectivity index (χ1) is 14.8. The largest absolute Gasteiger partial charge is 0.480 e. The summed E-state index contributed by atoms with van der Waals surface area (Å²) >= 11 is 11.7. The van der Waals surface area contributed by atoms with Crippen LogP contribution in [0.25, 0.3) is 0 Å². The van der Waals surface area contributed by atoms with E-state index in [9.17, 15) is 0 Å². The number of aliphatic imine (C=N–C) groups is 2. The third-order valence-corrected chi connectivity index (χ3v) is 4.28. The smallest absolute Gasteiger partial charge is 0.179 e. The fraction of sp³-hybridized carbons (Fsp3) is 0.440. The van der Waals surface area contributed by atoms with Crippen LogP contribution in [0.5, 0.6) is 0 Å². The zero-order chi connectivity index (χ0) is 23.6. The van der Waals surface area contributed by atoms with E-state index >= 15 is 0 Å². The predicted molar refractivity (Wildman–Crippen MR) is 138 cm³/mol. The van der Waals surface area contributed by atoms with E-state index in [1.807, 2.05) is 58.2 Å². The molecule has 0 fully saturated rings. The number of rotatable bonds is 13. The molecule has 31 heavy (non-hydrogen) atoms. The van der Waals surface area contributed by atoms with Crippen LogP contribution in [-0.2, 0) is 11.3 Å². The Labute approximate surface area is 198 Å². The molecule has 0 aliphatic carbocycles. The van der Waals surface area contributed by atoms with Gasteiger partial charge in [-0.2, -0.15) is 0 Å². The van der Waals surface area contributed by atoms with E-state index in [0.29, 0.717) is 24.2 Å². The molecule has 0 heterocycles. The van der Waals surface area contributed by atoms with Crippen LogP contribution in [0.2, 0.25) is 5.02 Å². The maximum atomic E-state index is 5.88. The standard InChI is InChI=1S/C23H31Cl2N3O.C2H6/c1-17(2)23(18(3)28-19(4)24)26-14-8-6-7-9-15-29-20(5)27-16-21-10-12-22(25)13-11-21;1-2/h10-14,27H,1,5-9,15-16H2,2-4H3;1-2H3/b23-18+,26-14?,28-19?;. The van der Waals surface area contributed by atoms with Gasteiger partial charge in [0.15, 0.2) is 5.88 Å². The van der Waals surface area contributed by atoms with E-state index in [1.54, 1.807) is 6.92 Å². The van der Waals surface area contributed by atoms with Gasteiger partial charge in [-0.15, -0.1) is 0 Å². The molecule has 0 aliphatic rings. The average molecular weight is 466 g/mol. The summed E-state index contributed by atoms with van der Waals surface area (Å²) in [4.78, 5) is 8.75. The normalized spacial score (nSPS) is 12.0. The minimum atomic E-state index is 0.487. The summed E-state index contributed by atoms with van der Waals surface area (Å²) < 4.78 is 5.62. The molecule has 0 aliphatic heterocycles. The molecule has 1 N–H and O–H groups in total. The maximum absolute atomic E-state index is 5.88. The molecular weight excluding hydrogens is 429 g/mol. The number of allylic oxidation sites excluding steroid dienone is 2. The Bertz CT molecular complexity index is 761. The van der Waals surface area contributed by atoms with Crippen molar-refractivity contribution in [2.45, 2.75) is 66.8 Å². The Balaban J connectivity index is 0.00000436. The Morgan fingerprint density at radius 3 is 2.29 bits per heavy atom.